The number of aryl methyl sites for hydroxylation is 2. The fourth-order valence-electron chi connectivity index (χ4n) is 1.67. The number of carbonyl (C=O) groups is 1. The molecule has 1 heterocycles. The van der Waals surface area contributed by atoms with E-state index in [0.29, 0.717) is 11.4 Å². The Morgan fingerprint density at radius 3 is 2.94 bits per heavy atom. The molecule has 0 saturated carbocycles. The first kappa shape index (κ1) is 11.0. The van der Waals surface area contributed by atoms with E-state index in [2.05, 4.69) is 4.98 Å². The molecule has 5 heteroatoms. The zero-order valence-electron chi connectivity index (χ0n) is 8.77. The fraction of sp³-hybridized carbons (Fsp3) is 0.273. The average molecular weight is 239 g/mol. The van der Waals surface area contributed by atoms with Gasteiger partial charge in [-0.25, -0.2) is 4.98 Å². The van der Waals surface area contributed by atoms with E-state index in [4.69, 9.17) is 16.7 Å². The number of hydrogen-bond donors (Lipinski definition) is 1. The Labute approximate surface area is 97.5 Å². The molecule has 0 aliphatic carbocycles. The van der Waals surface area contributed by atoms with Crippen LogP contribution >= 0.6 is 11.6 Å². The Morgan fingerprint density at radius 1 is 1.56 bits per heavy atom. The molecule has 0 atom stereocenters. The first-order valence-electron chi connectivity index (χ1n) is 4.91. The summed E-state index contributed by atoms with van der Waals surface area (Å²) >= 11 is 6.01. The van der Waals surface area contributed by atoms with Crippen LogP contribution in [0.2, 0.25) is 5.02 Å². The Balaban J connectivity index is 2.44. The number of nitrogens with zero attached hydrogens (tertiary/aromatic N) is 2. The number of benzene rings is 1. The van der Waals surface area contributed by atoms with Crippen molar-refractivity contribution < 1.29 is 9.90 Å². The van der Waals surface area contributed by atoms with Crippen molar-refractivity contribution in [2.75, 3.05) is 0 Å². The highest BCUT2D eigenvalue weighted by atomic mass is 35.5. The molecular weight excluding hydrogens is 228 g/mol. The second kappa shape index (κ2) is 4.14. The molecule has 0 fully saturated rings. The van der Waals surface area contributed by atoms with Gasteiger partial charge in [-0.05, 0) is 12.1 Å². The highest BCUT2D eigenvalue weighted by Crippen LogP contribution is 2.23. The van der Waals surface area contributed by atoms with Crippen molar-refractivity contribution in [1.82, 2.24) is 9.55 Å². The minimum atomic E-state index is -0.821. The molecule has 84 valence electrons. The zero-order chi connectivity index (χ0) is 11.7. The molecule has 0 spiro atoms. The predicted molar refractivity (Wildman–Crippen MR) is 61.7 cm³/mol. The van der Waals surface area contributed by atoms with E-state index >= 15 is 0 Å². The molecule has 1 N–H and O–H groups in total. The molecule has 0 bridgehead atoms. The molecule has 4 nitrogen and oxygen atoms in total. The van der Waals surface area contributed by atoms with Crippen LogP contribution in [0.1, 0.15) is 12.2 Å². The smallest absolute Gasteiger partial charge is 0.303 e. The van der Waals surface area contributed by atoms with Gasteiger partial charge in [0.1, 0.15) is 11.3 Å². The van der Waals surface area contributed by atoms with Gasteiger partial charge in [-0.3, -0.25) is 4.79 Å². The minimum Gasteiger partial charge on any atom is -0.481 e. The van der Waals surface area contributed by atoms with Crippen LogP contribution in [0.25, 0.3) is 11.0 Å². The van der Waals surface area contributed by atoms with Crippen molar-refractivity contribution in [1.29, 1.82) is 0 Å². The molecule has 0 aliphatic rings. The van der Waals surface area contributed by atoms with Gasteiger partial charge >= 0.3 is 5.97 Å². The van der Waals surface area contributed by atoms with Crippen LogP contribution in [-0.2, 0) is 18.3 Å². The third-order valence-corrected chi connectivity index (χ3v) is 2.82. The lowest BCUT2D eigenvalue weighted by Gasteiger charge is -1.99. The molecule has 16 heavy (non-hydrogen) atoms. The summed E-state index contributed by atoms with van der Waals surface area (Å²) in [5.41, 5.74) is 1.65. The fourth-order valence-corrected chi connectivity index (χ4v) is 1.88. The lowest BCUT2D eigenvalue weighted by Crippen LogP contribution is -2.03. The lowest BCUT2D eigenvalue weighted by molar-refractivity contribution is -0.137. The van der Waals surface area contributed by atoms with Crippen molar-refractivity contribution in [3.63, 3.8) is 0 Å². The number of halogens is 1. The predicted octanol–water partition coefficient (Wildman–Crippen LogP) is 2.24. The van der Waals surface area contributed by atoms with E-state index in [-0.39, 0.29) is 6.42 Å². The average Bonchev–Trinajstić information content (AvgIpc) is 2.55. The van der Waals surface area contributed by atoms with Gasteiger partial charge in [0.25, 0.3) is 0 Å². The molecule has 0 amide bonds. The number of para-hydroxylation sites is 1. The maximum Gasteiger partial charge on any atom is 0.303 e. The van der Waals surface area contributed by atoms with Gasteiger partial charge in [-0.1, -0.05) is 17.7 Å². The van der Waals surface area contributed by atoms with Crippen LogP contribution in [0.15, 0.2) is 18.2 Å². The van der Waals surface area contributed by atoms with Crippen LogP contribution in [0, 0.1) is 0 Å². The Kier molecular flexibility index (Phi) is 2.83. The highest BCUT2D eigenvalue weighted by Gasteiger charge is 2.10. The second-order valence-corrected chi connectivity index (χ2v) is 4.00. The number of aromatic nitrogens is 2. The number of hydrogen-bond acceptors (Lipinski definition) is 2. The topological polar surface area (TPSA) is 55.1 Å². The molecule has 1 aromatic heterocycles. The number of carboxylic acid groups (broad SMARTS) is 1. The number of rotatable bonds is 3. The number of imidazole rings is 1. The molecule has 2 rings (SSSR count). The van der Waals surface area contributed by atoms with E-state index in [1.54, 1.807) is 6.07 Å². The maximum absolute atomic E-state index is 10.5. The quantitative estimate of drug-likeness (QED) is 0.892. The molecule has 0 aliphatic heterocycles. The molecule has 2 aromatic rings. The van der Waals surface area contributed by atoms with E-state index in [0.717, 1.165) is 16.9 Å². The van der Waals surface area contributed by atoms with Crippen molar-refractivity contribution in [2.45, 2.75) is 12.8 Å². The summed E-state index contributed by atoms with van der Waals surface area (Å²) in [7, 11) is 1.86. The Hall–Kier alpha value is -1.55. The molecule has 0 unspecified atom stereocenters. The monoisotopic (exact) mass is 238 g/mol. The molecule has 1 aromatic carbocycles. The zero-order valence-corrected chi connectivity index (χ0v) is 9.53. The van der Waals surface area contributed by atoms with Crippen LogP contribution in [0.3, 0.4) is 0 Å². The van der Waals surface area contributed by atoms with Crippen LogP contribution in [0.4, 0.5) is 0 Å². The lowest BCUT2D eigenvalue weighted by atomic mass is 10.3. The number of aliphatic carboxylic acids is 1. The number of fused-ring (bicyclic) bond motifs is 1. The van der Waals surface area contributed by atoms with Gasteiger partial charge in [0.05, 0.1) is 17.0 Å². The van der Waals surface area contributed by atoms with Gasteiger partial charge in [0.15, 0.2) is 0 Å². The molecule has 0 radical (unpaired) electrons. The van der Waals surface area contributed by atoms with Crippen LogP contribution < -0.4 is 0 Å². The van der Waals surface area contributed by atoms with Gasteiger partial charge < -0.3 is 9.67 Å². The first-order chi connectivity index (χ1) is 7.59. The van der Waals surface area contributed by atoms with E-state index in [9.17, 15) is 4.79 Å². The van der Waals surface area contributed by atoms with Crippen molar-refractivity contribution in [3.05, 3.63) is 29.0 Å². The van der Waals surface area contributed by atoms with Crippen LogP contribution in [-0.4, -0.2) is 20.6 Å². The SMILES string of the molecule is Cn1c(CCC(=O)O)nc2c(Cl)cccc21. The first-order valence-corrected chi connectivity index (χ1v) is 5.29. The van der Waals surface area contributed by atoms with E-state index in [1.807, 2.05) is 23.7 Å². The second-order valence-electron chi connectivity index (χ2n) is 3.59. The Bertz CT molecular complexity index is 548. The van der Waals surface area contributed by atoms with Crippen molar-refractivity contribution in [2.24, 2.45) is 7.05 Å². The van der Waals surface area contributed by atoms with Gasteiger partial charge in [-0.2, -0.15) is 0 Å². The largest absolute Gasteiger partial charge is 0.481 e. The number of carboxylic acids is 1. The van der Waals surface area contributed by atoms with E-state index < -0.39 is 5.97 Å². The molecule has 0 saturated heterocycles. The maximum atomic E-state index is 10.5. The summed E-state index contributed by atoms with van der Waals surface area (Å²) in [5, 5.41) is 9.22. The molecular formula is C11H11ClN2O2. The normalized spacial score (nSPS) is 10.9. The minimum absolute atomic E-state index is 0.0782. The van der Waals surface area contributed by atoms with Crippen molar-refractivity contribution in [3.8, 4) is 0 Å². The summed E-state index contributed by atoms with van der Waals surface area (Å²) in [6.07, 6.45) is 0.492. The summed E-state index contributed by atoms with van der Waals surface area (Å²) in [4.78, 5) is 14.9. The third-order valence-electron chi connectivity index (χ3n) is 2.52. The van der Waals surface area contributed by atoms with E-state index in [1.165, 1.54) is 0 Å². The Morgan fingerprint density at radius 2 is 2.31 bits per heavy atom. The van der Waals surface area contributed by atoms with Gasteiger partial charge in [-0.15, -0.1) is 0 Å². The summed E-state index contributed by atoms with van der Waals surface area (Å²) in [6.45, 7) is 0. The standard InChI is InChI=1S/C11H11ClN2O2/c1-14-8-4-2-3-7(12)11(8)13-9(14)5-6-10(15)16/h2-4H,5-6H2,1H3,(H,15,16). The van der Waals surface area contributed by atoms with Crippen molar-refractivity contribution >= 4 is 28.6 Å². The summed E-state index contributed by atoms with van der Waals surface area (Å²) in [6, 6.07) is 5.55. The summed E-state index contributed by atoms with van der Waals surface area (Å²) < 4.78 is 1.88. The van der Waals surface area contributed by atoms with Gasteiger partial charge in [0.2, 0.25) is 0 Å². The van der Waals surface area contributed by atoms with Gasteiger partial charge in [0, 0.05) is 13.5 Å². The van der Waals surface area contributed by atoms with Crippen LogP contribution in [0.5, 0.6) is 0 Å². The highest BCUT2D eigenvalue weighted by molar-refractivity contribution is 6.34. The summed E-state index contributed by atoms with van der Waals surface area (Å²) in [5.74, 6) is -0.0800. The third kappa shape index (κ3) is 1.88.